The van der Waals surface area contributed by atoms with E-state index >= 15 is 0 Å². The number of methoxy groups -OCH3 is 1. The van der Waals surface area contributed by atoms with E-state index in [0.717, 1.165) is 10.8 Å². The van der Waals surface area contributed by atoms with E-state index in [1.54, 1.807) is 7.11 Å². The van der Waals surface area contributed by atoms with Crippen LogP contribution in [0, 0.1) is 0 Å². The van der Waals surface area contributed by atoms with Crippen LogP contribution in [-0.4, -0.2) is 23.4 Å². The van der Waals surface area contributed by atoms with Crippen LogP contribution in [0.25, 0.3) is 10.8 Å². The SMILES string of the molecule is CCC.COc1nnc(OC(C)C)c2ccccc12. The third-order valence-electron chi connectivity index (χ3n) is 2.16. The molecule has 0 fully saturated rings. The van der Waals surface area contributed by atoms with Crippen LogP contribution in [0.4, 0.5) is 0 Å². The Bertz CT molecular complexity index is 512. The fraction of sp³-hybridized carbons (Fsp3) is 0.467. The maximum absolute atomic E-state index is 5.60. The predicted octanol–water partition coefficient (Wildman–Crippen LogP) is 3.84. The number of aromatic nitrogens is 2. The molecular weight excluding hydrogens is 240 g/mol. The Labute approximate surface area is 114 Å². The Morgan fingerprint density at radius 1 is 1.00 bits per heavy atom. The maximum Gasteiger partial charge on any atom is 0.241 e. The van der Waals surface area contributed by atoms with E-state index in [0.29, 0.717) is 11.8 Å². The maximum atomic E-state index is 5.60. The second-order valence-electron chi connectivity index (χ2n) is 4.43. The van der Waals surface area contributed by atoms with Crippen molar-refractivity contribution in [3.63, 3.8) is 0 Å². The monoisotopic (exact) mass is 262 g/mol. The fourth-order valence-corrected chi connectivity index (χ4v) is 1.52. The predicted molar refractivity (Wildman–Crippen MR) is 77.8 cm³/mol. The van der Waals surface area contributed by atoms with Gasteiger partial charge in [-0.25, -0.2) is 0 Å². The summed E-state index contributed by atoms with van der Waals surface area (Å²) in [6.45, 7) is 8.17. The van der Waals surface area contributed by atoms with Crippen molar-refractivity contribution < 1.29 is 9.47 Å². The average molecular weight is 262 g/mol. The van der Waals surface area contributed by atoms with Gasteiger partial charge >= 0.3 is 0 Å². The lowest BCUT2D eigenvalue weighted by Crippen LogP contribution is -2.08. The van der Waals surface area contributed by atoms with Gasteiger partial charge < -0.3 is 9.47 Å². The third kappa shape index (κ3) is 4.09. The van der Waals surface area contributed by atoms with Crippen molar-refractivity contribution in [1.82, 2.24) is 10.2 Å². The van der Waals surface area contributed by atoms with Crippen LogP contribution in [0.15, 0.2) is 24.3 Å². The third-order valence-corrected chi connectivity index (χ3v) is 2.16. The van der Waals surface area contributed by atoms with Gasteiger partial charge in [0.25, 0.3) is 0 Å². The second kappa shape index (κ2) is 7.56. The van der Waals surface area contributed by atoms with Crippen molar-refractivity contribution in [2.45, 2.75) is 40.2 Å². The van der Waals surface area contributed by atoms with Gasteiger partial charge in [0, 0.05) is 0 Å². The molecule has 0 radical (unpaired) electrons. The Balaban J connectivity index is 0.000000550. The molecule has 0 aliphatic rings. The van der Waals surface area contributed by atoms with Crippen LogP contribution in [0.3, 0.4) is 0 Å². The molecule has 0 aliphatic heterocycles. The number of benzene rings is 1. The van der Waals surface area contributed by atoms with Crippen LogP contribution in [0.1, 0.15) is 34.1 Å². The van der Waals surface area contributed by atoms with Gasteiger partial charge in [-0.05, 0) is 26.0 Å². The van der Waals surface area contributed by atoms with Crippen molar-refractivity contribution in [2.75, 3.05) is 7.11 Å². The summed E-state index contributed by atoms with van der Waals surface area (Å²) in [5.41, 5.74) is 0. The Morgan fingerprint density at radius 3 is 1.95 bits per heavy atom. The molecule has 0 saturated carbocycles. The summed E-state index contributed by atoms with van der Waals surface area (Å²) in [7, 11) is 1.58. The molecule has 4 heteroatoms. The number of hydrogen-bond donors (Lipinski definition) is 0. The quantitative estimate of drug-likeness (QED) is 0.843. The molecule has 2 rings (SSSR count). The molecule has 2 aromatic rings. The molecular formula is C15H22N2O2. The first kappa shape index (κ1) is 15.2. The van der Waals surface area contributed by atoms with Gasteiger partial charge in [-0.15, -0.1) is 10.2 Å². The molecule has 1 aromatic heterocycles. The first-order valence-electron chi connectivity index (χ1n) is 6.60. The van der Waals surface area contributed by atoms with Crippen molar-refractivity contribution >= 4 is 10.8 Å². The van der Waals surface area contributed by atoms with Gasteiger partial charge in [0.1, 0.15) is 0 Å². The van der Waals surface area contributed by atoms with Crippen molar-refractivity contribution in [2.24, 2.45) is 0 Å². The number of fused-ring (bicyclic) bond motifs is 1. The van der Waals surface area contributed by atoms with E-state index in [9.17, 15) is 0 Å². The summed E-state index contributed by atoms with van der Waals surface area (Å²) >= 11 is 0. The van der Waals surface area contributed by atoms with Gasteiger partial charge in [-0.3, -0.25) is 0 Å². The van der Waals surface area contributed by atoms with E-state index < -0.39 is 0 Å². The number of nitrogens with zero attached hydrogens (tertiary/aromatic N) is 2. The minimum absolute atomic E-state index is 0.0751. The molecule has 104 valence electrons. The second-order valence-corrected chi connectivity index (χ2v) is 4.43. The fourth-order valence-electron chi connectivity index (χ4n) is 1.52. The van der Waals surface area contributed by atoms with Gasteiger partial charge in [-0.2, -0.15) is 0 Å². The molecule has 0 spiro atoms. The van der Waals surface area contributed by atoms with Gasteiger partial charge in [0.05, 0.1) is 24.0 Å². The molecule has 19 heavy (non-hydrogen) atoms. The summed E-state index contributed by atoms with van der Waals surface area (Å²) in [5, 5.41) is 9.83. The number of rotatable bonds is 3. The van der Waals surface area contributed by atoms with E-state index in [1.165, 1.54) is 6.42 Å². The number of ether oxygens (including phenoxy) is 2. The highest BCUT2D eigenvalue weighted by Gasteiger charge is 2.10. The summed E-state index contributed by atoms with van der Waals surface area (Å²) in [6, 6.07) is 7.77. The van der Waals surface area contributed by atoms with E-state index in [1.807, 2.05) is 38.1 Å². The average Bonchev–Trinajstić information content (AvgIpc) is 2.39. The largest absolute Gasteiger partial charge is 0.479 e. The standard InChI is InChI=1S/C12H14N2O2.C3H8/c1-8(2)16-12-10-7-5-4-6-9(10)11(15-3)13-14-12;1-3-2/h4-8H,1-3H3;3H2,1-2H3. The first-order chi connectivity index (χ1) is 9.13. The van der Waals surface area contributed by atoms with E-state index in [-0.39, 0.29) is 6.10 Å². The molecule has 0 N–H and O–H groups in total. The van der Waals surface area contributed by atoms with Crippen molar-refractivity contribution in [1.29, 1.82) is 0 Å². The van der Waals surface area contributed by atoms with Crippen LogP contribution < -0.4 is 9.47 Å². The summed E-state index contributed by atoms with van der Waals surface area (Å²) < 4.78 is 10.8. The van der Waals surface area contributed by atoms with Crippen molar-refractivity contribution in [3.8, 4) is 11.8 Å². The lowest BCUT2D eigenvalue weighted by molar-refractivity contribution is 0.232. The van der Waals surface area contributed by atoms with Gasteiger partial charge in [0.15, 0.2) is 0 Å². The molecule has 0 saturated heterocycles. The van der Waals surface area contributed by atoms with Crippen LogP contribution in [0.2, 0.25) is 0 Å². The summed E-state index contributed by atoms with van der Waals surface area (Å²) in [4.78, 5) is 0. The Hall–Kier alpha value is -1.84. The van der Waals surface area contributed by atoms with Crippen LogP contribution in [-0.2, 0) is 0 Å². The Kier molecular flexibility index (Phi) is 6.06. The zero-order valence-electron chi connectivity index (χ0n) is 12.3. The topological polar surface area (TPSA) is 44.2 Å². The lowest BCUT2D eigenvalue weighted by atomic mass is 10.2. The lowest BCUT2D eigenvalue weighted by Gasteiger charge is -2.11. The molecule has 0 unspecified atom stereocenters. The molecule has 1 heterocycles. The molecule has 0 amide bonds. The molecule has 4 nitrogen and oxygen atoms in total. The Morgan fingerprint density at radius 2 is 1.47 bits per heavy atom. The minimum Gasteiger partial charge on any atom is -0.479 e. The molecule has 0 aliphatic carbocycles. The van der Waals surface area contributed by atoms with Gasteiger partial charge in [0.2, 0.25) is 11.8 Å². The number of hydrogen-bond acceptors (Lipinski definition) is 4. The zero-order chi connectivity index (χ0) is 14.3. The molecule has 1 aromatic carbocycles. The normalized spacial score (nSPS) is 10.0. The smallest absolute Gasteiger partial charge is 0.241 e. The molecule has 0 bridgehead atoms. The summed E-state index contributed by atoms with van der Waals surface area (Å²) in [6.07, 6.45) is 1.33. The van der Waals surface area contributed by atoms with Crippen LogP contribution in [0.5, 0.6) is 11.8 Å². The van der Waals surface area contributed by atoms with Crippen LogP contribution >= 0.6 is 0 Å². The summed E-state index contributed by atoms with van der Waals surface area (Å²) in [5.74, 6) is 1.07. The van der Waals surface area contributed by atoms with E-state index in [2.05, 4.69) is 24.0 Å². The van der Waals surface area contributed by atoms with E-state index in [4.69, 9.17) is 9.47 Å². The van der Waals surface area contributed by atoms with Crippen molar-refractivity contribution in [3.05, 3.63) is 24.3 Å². The van der Waals surface area contributed by atoms with Gasteiger partial charge in [-0.1, -0.05) is 32.4 Å². The highest BCUT2D eigenvalue weighted by Crippen LogP contribution is 2.28. The molecule has 0 atom stereocenters. The minimum atomic E-state index is 0.0751. The zero-order valence-corrected chi connectivity index (χ0v) is 12.3. The highest BCUT2D eigenvalue weighted by molar-refractivity contribution is 5.90. The highest BCUT2D eigenvalue weighted by atomic mass is 16.5. The first-order valence-corrected chi connectivity index (χ1v) is 6.60.